The van der Waals surface area contributed by atoms with E-state index >= 15 is 0 Å². The normalized spacial score (nSPS) is 13.4. The lowest BCUT2D eigenvalue weighted by Crippen LogP contribution is -2.47. The Balaban J connectivity index is 1.46. The van der Waals surface area contributed by atoms with Crippen LogP contribution in [0, 0.1) is 3.57 Å². The zero-order valence-electron chi connectivity index (χ0n) is 27.1. The van der Waals surface area contributed by atoms with E-state index in [1.807, 2.05) is 42.2 Å². The molecule has 0 saturated carbocycles. The smallest absolute Gasteiger partial charge is 0.306 e. The van der Waals surface area contributed by atoms with Crippen molar-refractivity contribution in [3.8, 4) is 11.5 Å². The average Bonchev–Trinajstić information content (AvgIpc) is 3.02. The van der Waals surface area contributed by atoms with Crippen LogP contribution in [-0.4, -0.2) is 87.3 Å². The minimum absolute atomic E-state index is 0.0687. The first-order chi connectivity index (χ1) is 21.8. The molecular formula is C35H49IN2O7. The number of likely N-dealkylation sites (N-methyl/N-ethyl adjacent to an activating group) is 1. The number of amides is 1. The number of hydrogen-bond acceptors (Lipinski definition) is 8. The molecule has 10 heteroatoms. The number of halogens is 1. The van der Waals surface area contributed by atoms with E-state index in [0.29, 0.717) is 57.7 Å². The lowest BCUT2D eigenvalue weighted by molar-refractivity contribution is -0.144. The van der Waals surface area contributed by atoms with Gasteiger partial charge < -0.3 is 28.7 Å². The zero-order valence-corrected chi connectivity index (χ0v) is 29.3. The maximum absolute atomic E-state index is 13.0. The van der Waals surface area contributed by atoms with Gasteiger partial charge in [-0.3, -0.25) is 14.4 Å². The summed E-state index contributed by atoms with van der Waals surface area (Å²) in [5, 5.41) is 0. The van der Waals surface area contributed by atoms with Gasteiger partial charge in [0.15, 0.2) is 0 Å². The predicted molar refractivity (Wildman–Crippen MR) is 183 cm³/mol. The summed E-state index contributed by atoms with van der Waals surface area (Å²) >= 11 is 2.24. The summed E-state index contributed by atoms with van der Waals surface area (Å²) in [6, 6.07) is 11.8. The second-order valence-electron chi connectivity index (χ2n) is 11.2. The Kier molecular flexibility index (Phi) is 16.5. The second-order valence-corrected chi connectivity index (χ2v) is 12.5. The number of ether oxygens (including phenoxy) is 4. The van der Waals surface area contributed by atoms with Gasteiger partial charge in [-0.05, 0) is 111 Å². The van der Waals surface area contributed by atoms with Crippen LogP contribution in [0.15, 0.2) is 36.4 Å². The van der Waals surface area contributed by atoms with Crippen molar-refractivity contribution in [1.29, 1.82) is 0 Å². The van der Waals surface area contributed by atoms with Crippen molar-refractivity contribution >= 4 is 40.4 Å². The first-order valence-corrected chi connectivity index (χ1v) is 17.3. The van der Waals surface area contributed by atoms with Crippen molar-refractivity contribution in [3.05, 3.63) is 56.7 Å². The van der Waals surface area contributed by atoms with Crippen LogP contribution in [0.5, 0.6) is 11.5 Å². The molecule has 248 valence electrons. The largest absolute Gasteiger partial charge is 0.494 e. The fourth-order valence-electron chi connectivity index (χ4n) is 5.28. The maximum Gasteiger partial charge on any atom is 0.306 e. The number of carbonyl (C=O) groups is 3. The summed E-state index contributed by atoms with van der Waals surface area (Å²) in [6.07, 6.45) is 6.61. The summed E-state index contributed by atoms with van der Waals surface area (Å²) in [5.74, 6) is 1.13. The first-order valence-electron chi connectivity index (χ1n) is 16.3. The number of unbranched alkanes of at least 4 members (excludes halogenated alkanes) is 3. The average molecular weight is 737 g/mol. The standard InChI is InChI=1S/C35H49IN2O7/c1-4-42-33(39)15-11-23-45-32-14-10-13-27(31(32)16-17-34(40)43-5-2)12-8-6-7-9-22-44-30-25-28(24-29(36)26-30)35(41)38-20-18-37(3)19-21-38/h10,13-14,24-26H,4-9,11-12,15-23H2,1-3H3. The first kappa shape index (κ1) is 36.6. The van der Waals surface area contributed by atoms with Gasteiger partial charge >= 0.3 is 11.9 Å². The molecular weight excluding hydrogens is 687 g/mol. The maximum atomic E-state index is 13.0. The van der Waals surface area contributed by atoms with Crippen molar-refractivity contribution in [3.63, 3.8) is 0 Å². The minimum atomic E-state index is -0.220. The van der Waals surface area contributed by atoms with Crippen LogP contribution in [0.3, 0.4) is 0 Å². The van der Waals surface area contributed by atoms with Crippen LogP contribution in [0.1, 0.15) is 80.3 Å². The molecule has 0 aromatic heterocycles. The number of aryl methyl sites for hydroxylation is 1. The van der Waals surface area contributed by atoms with E-state index in [1.165, 1.54) is 5.56 Å². The Morgan fingerprint density at radius 2 is 1.47 bits per heavy atom. The Morgan fingerprint density at radius 1 is 0.778 bits per heavy atom. The van der Waals surface area contributed by atoms with Crippen LogP contribution < -0.4 is 9.47 Å². The van der Waals surface area contributed by atoms with E-state index in [1.54, 1.807) is 6.92 Å². The number of piperazine rings is 1. The second kappa shape index (κ2) is 20.3. The van der Waals surface area contributed by atoms with Crippen LogP contribution in [0.4, 0.5) is 0 Å². The quantitative estimate of drug-likeness (QED) is 0.0975. The number of hydrogen-bond donors (Lipinski definition) is 0. The molecule has 0 aliphatic carbocycles. The molecule has 1 saturated heterocycles. The summed E-state index contributed by atoms with van der Waals surface area (Å²) in [5.41, 5.74) is 2.89. The third-order valence-corrected chi connectivity index (χ3v) is 8.34. The fourth-order valence-corrected chi connectivity index (χ4v) is 5.92. The summed E-state index contributed by atoms with van der Waals surface area (Å²) in [7, 11) is 2.08. The monoisotopic (exact) mass is 736 g/mol. The molecule has 45 heavy (non-hydrogen) atoms. The van der Waals surface area contributed by atoms with Gasteiger partial charge in [0.2, 0.25) is 0 Å². The molecule has 0 radical (unpaired) electrons. The molecule has 2 aromatic carbocycles. The summed E-state index contributed by atoms with van der Waals surface area (Å²) in [4.78, 5) is 41.0. The molecule has 0 bridgehead atoms. The van der Waals surface area contributed by atoms with Gasteiger partial charge in [0.05, 0.1) is 26.4 Å². The molecule has 0 N–H and O–H groups in total. The fraction of sp³-hybridized carbons (Fsp3) is 0.571. The Labute approximate surface area is 282 Å². The van der Waals surface area contributed by atoms with Crippen LogP contribution in [-0.2, 0) is 31.9 Å². The summed E-state index contributed by atoms with van der Waals surface area (Å²) in [6.45, 7) is 8.63. The molecule has 9 nitrogen and oxygen atoms in total. The lowest BCUT2D eigenvalue weighted by atomic mass is 9.96. The number of benzene rings is 2. The molecule has 1 aliphatic rings. The number of carbonyl (C=O) groups excluding carboxylic acids is 3. The number of esters is 2. The van der Waals surface area contributed by atoms with Gasteiger partial charge in [0.25, 0.3) is 5.91 Å². The highest BCUT2D eigenvalue weighted by molar-refractivity contribution is 14.1. The number of nitrogens with zero attached hydrogens (tertiary/aromatic N) is 2. The van der Waals surface area contributed by atoms with Crippen LogP contribution >= 0.6 is 22.6 Å². The SMILES string of the molecule is CCOC(=O)CCCOc1cccc(CCCCCCOc2cc(I)cc(C(=O)N3CCN(C)CC3)c2)c1CCC(=O)OCC. The molecule has 0 atom stereocenters. The van der Waals surface area contributed by atoms with Crippen molar-refractivity contribution < 1.29 is 33.3 Å². The van der Waals surface area contributed by atoms with Crippen molar-refractivity contribution in [2.75, 3.05) is 59.7 Å². The lowest BCUT2D eigenvalue weighted by Gasteiger charge is -2.32. The van der Waals surface area contributed by atoms with Crippen LogP contribution in [0.25, 0.3) is 0 Å². The highest BCUT2D eigenvalue weighted by Crippen LogP contribution is 2.27. The van der Waals surface area contributed by atoms with Crippen molar-refractivity contribution in [2.45, 2.75) is 71.6 Å². The van der Waals surface area contributed by atoms with Gasteiger partial charge in [-0.1, -0.05) is 25.0 Å². The molecule has 1 aliphatic heterocycles. The van der Waals surface area contributed by atoms with Crippen LogP contribution in [0.2, 0.25) is 0 Å². The van der Waals surface area contributed by atoms with Crippen molar-refractivity contribution in [2.24, 2.45) is 0 Å². The highest BCUT2D eigenvalue weighted by atomic mass is 127. The predicted octanol–water partition coefficient (Wildman–Crippen LogP) is 6.08. The van der Waals surface area contributed by atoms with E-state index in [4.69, 9.17) is 18.9 Å². The third-order valence-electron chi connectivity index (χ3n) is 7.72. The van der Waals surface area contributed by atoms with E-state index in [0.717, 1.165) is 78.9 Å². The van der Waals surface area contributed by atoms with Gasteiger partial charge in [0, 0.05) is 48.2 Å². The van der Waals surface area contributed by atoms with E-state index in [9.17, 15) is 14.4 Å². The van der Waals surface area contributed by atoms with Crippen molar-refractivity contribution in [1.82, 2.24) is 9.80 Å². The Morgan fingerprint density at radius 3 is 2.20 bits per heavy atom. The van der Waals surface area contributed by atoms with Gasteiger partial charge in [0.1, 0.15) is 11.5 Å². The minimum Gasteiger partial charge on any atom is -0.494 e. The molecule has 3 rings (SSSR count). The van der Waals surface area contributed by atoms with Gasteiger partial charge in [-0.15, -0.1) is 0 Å². The molecule has 2 aromatic rings. The third kappa shape index (κ3) is 13.2. The zero-order chi connectivity index (χ0) is 32.4. The molecule has 1 heterocycles. The molecule has 1 amide bonds. The summed E-state index contributed by atoms with van der Waals surface area (Å²) < 4.78 is 23.3. The van der Waals surface area contributed by atoms with Gasteiger partial charge in [-0.25, -0.2) is 0 Å². The highest BCUT2D eigenvalue weighted by Gasteiger charge is 2.21. The topological polar surface area (TPSA) is 94.6 Å². The van der Waals surface area contributed by atoms with E-state index < -0.39 is 0 Å². The Hall–Kier alpha value is -2.86. The number of rotatable bonds is 19. The Bertz CT molecular complexity index is 1230. The molecule has 0 unspecified atom stereocenters. The van der Waals surface area contributed by atoms with E-state index in [2.05, 4.69) is 40.6 Å². The van der Waals surface area contributed by atoms with E-state index in [-0.39, 0.29) is 17.8 Å². The molecule has 0 spiro atoms. The molecule has 1 fully saturated rings. The van der Waals surface area contributed by atoms with Gasteiger partial charge in [-0.2, -0.15) is 0 Å².